The van der Waals surface area contributed by atoms with Crippen molar-refractivity contribution in [1.29, 1.82) is 0 Å². The van der Waals surface area contributed by atoms with E-state index in [-0.39, 0.29) is 12.4 Å². The van der Waals surface area contributed by atoms with Crippen molar-refractivity contribution in [3.8, 4) is 0 Å². The van der Waals surface area contributed by atoms with E-state index in [4.69, 9.17) is 4.55 Å². The lowest BCUT2D eigenvalue weighted by molar-refractivity contribution is 0.352. The summed E-state index contributed by atoms with van der Waals surface area (Å²) < 4.78 is 91.3. The largest absolute Gasteiger partial charge is 0.300 e. The first-order valence-electron chi connectivity index (χ1n) is 3.16. The Labute approximate surface area is 92.0 Å². The van der Waals surface area contributed by atoms with E-state index < -0.39 is 44.1 Å². The lowest BCUT2D eigenvalue weighted by Gasteiger charge is -2.04. The molecule has 0 aliphatic rings. The summed E-state index contributed by atoms with van der Waals surface area (Å²) in [5, 5.41) is 0. The molecule has 92 valence electrons. The van der Waals surface area contributed by atoms with Crippen molar-refractivity contribution in [2.75, 3.05) is 0 Å². The highest BCUT2D eigenvalue weighted by molar-refractivity contribution is 7.85. The van der Waals surface area contributed by atoms with E-state index in [2.05, 4.69) is 0 Å². The molecule has 0 amide bonds. The van der Waals surface area contributed by atoms with Crippen molar-refractivity contribution in [1.82, 2.24) is 0 Å². The molecular formula is C6H2ClF5O3S. The van der Waals surface area contributed by atoms with Crippen LogP contribution in [0.2, 0.25) is 0 Å². The fraction of sp³-hybridized carbons (Fsp3) is 0. The fourth-order valence-electron chi connectivity index (χ4n) is 0.811. The number of benzene rings is 1. The maximum Gasteiger partial charge on any atom is 0.300 e. The van der Waals surface area contributed by atoms with Gasteiger partial charge in [0.15, 0.2) is 28.2 Å². The summed E-state index contributed by atoms with van der Waals surface area (Å²) >= 11 is 0. The molecule has 0 fully saturated rings. The van der Waals surface area contributed by atoms with Crippen LogP contribution in [-0.2, 0) is 10.1 Å². The fourth-order valence-corrected chi connectivity index (χ4v) is 1.44. The Morgan fingerprint density at radius 2 is 1.00 bits per heavy atom. The van der Waals surface area contributed by atoms with Crippen LogP contribution in [0, 0.1) is 29.1 Å². The topological polar surface area (TPSA) is 54.4 Å². The highest BCUT2D eigenvalue weighted by atomic mass is 35.5. The molecule has 0 atom stereocenters. The minimum Gasteiger partial charge on any atom is -0.282 e. The van der Waals surface area contributed by atoms with Crippen molar-refractivity contribution in [3.63, 3.8) is 0 Å². The monoisotopic (exact) mass is 284 g/mol. The second-order valence-electron chi connectivity index (χ2n) is 2.37. The lowest BCUT2D eigenvalue weighted by Crippen LogP contribution is -2.11. The maximum absolute atomic E-state index is 12.6. The van der Waals surface area contributed by atoms with Crippen LogP contribution in [0.4, 0.5) is 22.0 Å². The van der Waals surface area contributed by atoms with Crippen LogP contribution in [-0.4, -0.2) is 13.0 Å². The molecule has 1 aromatic carbocycles. The Bertz CT molecular complexity index is 500. The van der Waals surface area contributed by atoms with Crippen LogP contribution in [0.1, 0.15) is 0 Å². The summed E-state index contributed by atoms with van der Waals surface area (Å²) in [6, 6.07) is 0. The zero-order chi connectivity index (χ0) is 12.0. The van der Waals surface area contributed by atoms with Gasteiger partial charge in [0.25, 0.3) is 0 Å². The molecule has 0 aromatic heterocycles. The Kier molecular flexibility index (Phi) is 4.25. The number of halogens is 6. The molecule has 0 aliphatic carbocycles. The Hall–Kier alpha value is -0.930. The molecule has 0 spiro atoms. The summed E-state index contributed by atoms with van der Waals surface area (Å²) in [6.07, 6.45) is 0. The van der Waals surface area contributed by atoms with E-state index in [1.54, 1.807) is 0 Å². The molecule has 0 aliphatic heterocycles. The first-order valence-corrected chi connectivity index (χ1v) is 4.61. The molecule has 1 N–H and O–H groups in total. The average Bonchev–Trinajstić information content (AvgIpc) is 2.09. The molecule has 0 radical (unpaired) electrons. The van der Waals surface area contributed by atoms with Gasteiger partial charge < -0.3 is 0 Å². The second-order valence-corrected chi connectivity index (χ2v) is 3.73. The molecule has 1 aromatic rings. The standard InChI is InChI=1S/C6HF5O3S.ClH/c7-1-2(8)4(10)6(15(12,13)14)5(11)3(1)9;/h(H,12,13,14);1H. The number of rotatable bonds is 1. The van der Waals surface area contributed by atoms with Gasteiger partial charge in [-0.1, -0.05) is 0 Å². The SMILES string of the molecule is Cl.O=S(=O)(O)c1c(F)c(F)c(F)c(F)c1F. The van der Waals surface area contributed by atoms with E-state index in [0.29, 0.717) is 0 Å². The predicted octanol–water partition coefficient (Wildman–Crippen LogP) is 2.05. The number of hydrogen-bond acceptors (Lipinski definition) is 2. The molecule has 16 heavy (non-hydrogen) atoms. The molecule has 3 nitrogen and oxygen atoms in total. The summed E-state index contributed by atoms with van der Waals surface area (Å²) in [5.74, 6) is -12.6. The van der Waals surface area contributed by atoms with Gasteiger partial charge in [-0.25, -0.2) is 22.0 Å². The minimum absolute atomic E-state index is 0. The predicted molar refractivity (Wildman–Crippen MR) is 43.3 cm³/mol. The van der Waals surface area contributed by atoms with Crippen LogP contribution in [0.5, 0.6) is 0 Å². The molecule has 0 saturated carbocycles. The van der Waals surface area contributed by atoms with Crippen molar-refractivity contribution >= 4 is 22.5 Å². The Morgan fingerprint density at radius 1 is 0.750 bits per heavy atom. The van der Waals surface area contributed by atoms with Gasteiger partial charge in [0, 0.05) is 0 Å². The number of hydrogen-bond donors (Lipinski definition) is 1. The zero-order valence-corrected chi connectivity index (χ0v) is 8.60. The normalized spacial score (nSPS) is 11.1. The van der Waals surface area contributed by atoms with Gasteiger partial charge in [-0.2, -0.15) is 8.42 Å². The van der Waals surface area contributed by atoms with E-state index in [9.17, 15) is 30.4 Å². The van der Waals surface area contributed by atoms with Gasteiger partial charge >= 0.3 is 10.1 Å². The second kappa shape index (κ2) is 4.52. The molecule has 0 unspecified atom stereocenters. The Balaban J connectivity index is 0.00000225. The van der Waals surface area contributed by atoms with Gasteiger partial charge in [-0.15, -0.1) is 12.4 Å². The summed E-state index contributed by atoms with van der Waals surface area (Å²) in [5.41, 5.74) is 0. The lowest BCUT2D eigenvalue weighted by atomic mass is 10.3. The van der Waals surface area contributed by atoms with Gasteiger partial charge in [-0.3, -0.25) is 4.55 Å². The van der Waals surface area contributed by atoms with E-state index in [1.807, 2.05) is 0 Å². The van der Waals surface area contributed by atoms with Crippen LogP contribution in [0.15, 0.2) is 4.90 Å². The van der Waals surface area contributed by atoms with Gasteiger partial charge in [0.1, 0.15) is 0 Å². The minimum atomic E-state index is -5.52. The third-order valence-electron chi connectivity index (χ3n) is 1.43. The molecule has 0 saturated heterocycles. The molecule has 10 heteroatoms. The van der Waals surface area contributed by atoms with Crippen LogP contribution in [0.25, 0.3) is 0 Å². The van der Waals surface area contributed by atoms with Crippen LogP contribution < -0.4 is 0 Å². The molecule has 0 bridgehead atoms. The van der Waals surface area contributed by atoms with Crippen molar-refractivity contribution in [2.24, 2.45) is 0 Å². The van der Waals surface area contributed by atoms with Gasteiger partial charge in [-0.05, 0) is 0 Å². The van der Waals surface area contributed by atoms with E-state index >= 15 is 0 Å². The maximum atomic E-state index is 12.6. The summed E-state index contributed by atoms with van der Waals surface area (Å²) in [6.45, 7) is 0. The van der Waals surface area contributed by atoms with Crippen molar-refractivity contribution in [3.05, 3.63) is 29.1 Å². The smallest absolute Gasteiger partial charge is 0.282 e. The first kappa shape index (κ1) is 15.1. The third-order valence-corrected chi connectivity index (χ3v) is 2.30. The quantitative estimate of drug-likeness (QED) is 0.372. The average molecular weight is 285 g/mol. The van der Waals surface area contributed by atoms with Crippen molar-refractivity contribution < 1.29 is 34.9 Å². The third kappa shape index (κ3) is 2.25. The Morgan fingerprint density at radius 3 is 1.25 bits per heavy atom. The van der Waals surface area contributed by atoms with Crippen LogP contribution >= 0.6 is 12.4 Å². The highest BCUT2D eigenvalue weighted by Crippen LogP contribution is 2.26. The molecule has 0 heterocycles. The van der Waals surface area contributed by atoms with Crippen LogP contribution in [0.3, 0.4) is 0 Å². The van der Waals surface area contributed by atoms with Gasteiger partial charge in [0.2, 0.25) is 5.82 Å². The highest BCUT2D eigenvalue weighted by Gasteiger charge is 2.32. The summed E-state index contributed by atoms with van der Waals surface area (Å²) in [7, 11) is -5.52. The first-order chi connectivity index (χ1) is 6.68. The van der Waals surface area contributed by atoms with E-state index in [0.717, 1.165) is 0 Å². The molecular weight excluding hydrogens is 283 g/mol. The zero-order valence-electron chi connectivity index (χ0n) is 6.97. The van der Waals surface area contributed by atoms with Gasteiger partial charge in [0.05, 0.1) is 0 Å². The summed E-state index contributed by atoms with van der Waals surface area (Å²) in [4.78, 5) is -2.26. The molecule has 1 rings (SSSR count). The van der Waals surface area contributed by atoms with Crippen molar-refractivity contribution in [2.45, 2.75) is 4.90 Å². The van der Waals surface area contributed by atoms with E-state index in [1.165, 1.54) is 0 Å².